The van der Waals surface area contributed by atoms with Gasteiger partial charge in [-0.25, -0.2) is 4.39 Å². The Morgan fingerprint density at radius 3 is 2.81 bits per heavy atom. The summed E-state index contributed by atoms with van der Waals surface area (Å²) in [5.74, 6) is -1.02. The van der Waals surface area contributed by atoms with E-state index >= 15 is 0 Å². The largest absolute Gasteiger partial charge is 0.319 e. The predicted octanol–water partition coefficient (Wildman–Crippen LogP) is 1.81. The summed E-state index contributed by atoms with van der Waals surface area (Å²) in [6.45, 7) is 0. The summed E-state index contributed by atoms with van der Waals surface area (Å²) in [5, 5.41) is 6.45. The van der Waals surface area contributed by atoms with Gasteiger partial charge >= 0.3 is 0 Å². The molecule has 0 aliphatic rings. The van der Waals surface area contributed by atoms with Crippen LogP contribution in [0, 0.1) is 5.82 Å². The highest BCUT2D eigenvalue weighted by atomic mass is 19.1. The Morgan fingerprint density at radius 1 is 1.44 bits per heavy atom. The van der Waals surface area contributed by atoms with Crippen LogP contribution in [0.25, 0.3) is 0 Å². The van der Waals surface area contributed by atoms with Crippen LogP contribution in [0.5, 0.6) is 0 Å². The molecule has 5 heteroatoms. The average Bonchev–Trinajstić information content (AvgIpc) is 2.64. The number of halogens is 1. The SMILES string of the molecule is Cn1cc(NC(=O)c2ccccc2F)cn1. The predicted molar refractivity (Wildman–Crippen MR) is 57.6 cm³/mol. The molecule has 0 bridgehead atoms. The molecule has 1 N–H and O–H groups in total. The van der Waals surface area contributed by atoms with Crippen molar-refractivity contribution in [3.05, 3.63) is 48.0 Å². The molecular formula is C11H10FN3O. The van der Waals surface area contributed by atoms with Crippen LogP contribution in [-0.2, 0) is 7.05 Å². The van der Waals surface area contributed by atoms with Crippen molar-refractivity contribution in [3.8, 4) is 0 Å². The lowest BCUT2D eigenvalue weighted by Gasteiger charge is -2.02. The van der Waals surface area contributed by atoms with Crippen molar-refractivity contribution in [1.29, 1.82) is 0 Å². The van der Waals surface area contributed by atoms with Crippen molar-refractivity contribution in [2.24, 2.45) is 7.05 Å². The summed E-state index contributed by atoms with van der Waals surface area (Å²) in [6, 6.07) is 5.83. The zero-order valence-electron chi connectivity index (χ0n) is 8.64. The van der Waals surface area contributed by atoms with Crippen molar-refractivity contribution in [1.82, 2.24) is 9.78 Å². The van der Waals surface area contributed by atoms with Crippen LogP contribution in [0.3, 0.4) is 0 Å². The van der Waals surface area contributed by atoms with Gasteiger partial charge in [0.1, 0.15) is 5.82 Å². The fraction of sp³-hybridized carbons (Fsp3) is 0.0909. The zero-order chi connectivity index (χ0) is 11.5. The number of amides is 1. The van der Waals surface area contributed by atoms with E-state index in [1.165, 1.54) is 24.4 Å². The quantitative estimate of drug-likeness (QED) is 0.837. The number of hydrogen-bond acceptors (Lipinski definition) is 2. The minimum Gasteiger partial charge on any atom is -0.319 e. The molecule has 0 radical (unpaired) electrons. The molecule has 2 rings (SSSR count). The highest BCUT2D eigenvalue weighted by molar-refractivity contribution is 6.04. The molecule has 16 heavy (non-hydrogen) atoms. The van der Waals surface area contributed by atoms with E-state index in [1.807, 2.05) is 0 Å². The molecule has 0 aliphatic carbocycles. The van der Waals surface area contributed by atoms with Gasteiger partial charge in [0.15, 0.2) is 0 Å². The second-order valence-electron chi connectivity index (χ2n) is 3.34. The van der Waals surface area contributed by atoms with Crippen molar-refractivity contribution in [2.75, 3.05) is 5.32 Å². The monoisotopic (exact) mass is 219 g/mol. The third-order valence-corrected chi connectivity index (χ3v) is 2.08. The number of carbonyl (C=O) groups excluding carboxylic acids is 1. The third kappa shape index (κ3) is 2.08. The highest BCUT2D eigenvalue weighted by Gasteiger charge is 2.11. The fourth-order valence-electron chi connectivity index (χ4n) is 1.33. The number of benzene rings is 1. The number of carbonyl (C=O) groups is 1. The third-order valence-electron chi connectivity index (χ3n) is 2.08. The number of nitrogens with one attached hydrogen (secondary N) is 1. The van der Waals surface area contributed by atoms with Crippen molar-refractivity contribution < 1.29 is 9.18 Å². The van der Waals surface area contributed by atoms with Gasteiger partial charge in [0.2, 0.25) is 0 Å². The molecule has 0 aliphatic heterocycles. The van der Waals surface area contributed by atoms with E-state index in [1.54, 1.807) is 24.0 Å². The molecule has 0 fully saturated rings. The molecule has 0 unspecified atom stereocenters. The summed E-state index contributed by atoms with van der Waals surface area (Å²) in [6.07, 6.45) is 3.14. The first kappa shape index (κ1) is 10.4. The smallest absolute Gasteiger partial charge is 0.258 e. The normalized spacial score (nSPS) is 10.1. The first-order valence-electron chi connectivity index (χ1n) is 4.71. The molecule has 4 nitrogen and oxygen atoms in total. The molecule has 1 aromatic carbocycles. The topological polar surface area (TPSA) is 46.9 Å². The van der Waals surface area contributed by atoms with Crippen molar-refractivity contribution in [2.45, 2.75) is 0 Å². The maximum absolute atomic E-state index is 13.3. The summed E-state index contributed by atoms with van der Waals surface area (Å²) in [7, 11) is 1.73. The van der Waals surface area contributed by atoms with Crippen molar-refractivity contribution in [3.63, 3.8) is 0 Å². The van der Waals surface area contributed by atoms with E-state index < -0.39 is 11.7 Å². The lowest BCUT2D eigenvalue weighted by Crippen LogP contribution is -2.13. The number of nitrogens with zero attached hydrogens (tertiary/aromatic N) is 2. The van der Waals surface area contributed by atoms with Crippen LogP contribution in [0.15, 0.2) is 36.7 Å². The van der Waals surface area contributed by atoms with E-state index in [-0.39, 0.29) is 5.56 Å². The Balaban J connectivity index is 2.18. The van der Waals surface area contributed by atoms with Crippen LogP contribution in [0.4, 0.5) is 10.1 Å². The number of aryl methyl sites for hydroxylation is 1. The molecule has 82 valence electrons. The molecule has 1 heterocycles. The van der Waals surface area contributed by atoms with Gasteiger partial charge in [0.05, 0.1) is 17.4 Å². The Labute approximate surface area is 91.7 Å². The summed E-state index contributed by atoms with van der Waals surface area (Å²) >= 11 is 0. The maximum atomic E-state index is 13.3. The van der Waals surface area contributed by atoms with Gasteiger partial charge in [-0.3, -0.25) is 9.48 Å². The zero-order valence-corrected chi connectivity index (χ0v) is 8.64. The van der Waals surface area contributed by atoms with Gasteiger partial charge < -0.3 is 5.32 Å². The Bertz CT molecular complexity index is 521. The van der Waals surface area contributed by atoms with Crippen LogP contribution < -0.4 is 5.32 Å². The molecule has 2 aromatic rings. The van der Waals surface area contributed by atoms with Crippen LogP contribution in [0.2, 0.25) is 0 Å². The van der Waals surface area contributed by atoms with Crippen LogP contribution in [-0.4, -0.2) is 15.7 Å². The van der Waals surface area contributed by atoms with Crippen LogP contribution >= 0.6 is 0 Å². The number of rotatable bonds is 2. The Hall–Kier alpha value is -2.17. The second kappa shape index (κ2) is 4.14. The van der Waals surface area contributed by atoms with E-state index in [0.29, 0.717) is 5.69 Å². The van der Waals surface area contributed by atoms with E-state index in [0.717, 1.165) is 0 Å². The minimum absolute atomic E-state index is 0.0198. The van der Waals surface area contributed by atoms with Gasteiger partial charge in [-0.05, 0) is 12.1 Å². The molecule has 0 atom stereocenters. The van der Waals surface area contributed by atoms with Gasteiger partial charge in [-0.2, -0.15) is 5.10 Å². The maximum Gasteiger partial charge on any atom is 0.258 e. The lowest BCUT2D eigenvalue weighted by atomic mass is 10.2. The second-order valence-corrected chi connectivity index (χ2v) is 3.34. The average molecular weight is 219 g/mol. The molecule has 1 aromatic heterocycles. The number of anilines is 1. The highest BCUT2D eigenvalue weighted by Crippen LogP contribution is 2.10. The molecule has 1 amide bonds. The van der Waals surface area contributed by atoms with Gasteiger partial charge in [-0.1, -0.05) is 12.1 Å². The standard InChI is InChI=1S/C11H10FN3O/c1-15-7-8(6-13-15)14-11(16)9-4-2-3-5-10(9)12/h2-7H,1H3,(H,14,16). The first-order valence-corrected chi connectivity index (χ1v) is 4.71. The van der Waals surface area contributed by atoms with E-state index in [2.05, 4.69) is 10.4 Å². The fourth-order valence-corrected chi connectivity index (χ4v) is 1.33. The minimum atomic E-state index is -0.538. The lowest BCUT2D eigenvalue weighted by molar-refractivity contribution is 0.102. The molecule has 0 spiro atoms. The molecule has 0 saturated heterocycles. The Morgan fingerprint density at radius 2 is 2.19 bits per heavy atom. The van der Waals surface area contributed by atoms with Crippen molar-refractivity contribution >= 4 is 11.6 Å². The van der Waals surface area contributed by atoms with Gasteiger partial charge in [-0.15, -0.1) is 0 Å². The number of hydrogen-bond donors (Lipinski definition) is 1. The first-order chi connectivity index (χ1) is 7.66. The van der Waals surface area contributed by atoms with E-state index in [4.69, 9.17) is 0 Å². The van der Waals surface area contributed by atoms with E-state index in [9.17, 15) is 9.18 Å². The summed E-state index contributed by atoms with van der Waals surface area (Å²) in [4.78, 5) is 11.7. The Kier molecular flexibility index (Phi) is 2.68. The summed E-state index contributed by atoms with van der Waals surface area (Å²) in [5.41, 5.74) is 0.558. The number of aromatic nitrogens is 2. The van der Waals surface area contributed by atoms with Gasteiger partial charge in [0.25, 0.3) is 5.91 Å². The van der Waals surface area contributed by atoms with Crippen LogP contribution in [0.1, 0.15) is 10.4 Å². The molecular weight excluding hydrogens is 209 g/mol. The summed E-state index contributed by atoms with van der Waals surface area (Å²) < 4.78 is 14.8. The van der Waals surface area contributed by atoms with Gasteiger partial charge in [0, 0.05) is 13.2 Å². The molecule has 0 saturated carbocycles.